The van der Waals surface area contributed by atoms with Gasteiger partial charge in [0.1, 0.15) is 0 Å². The molecule has 1 saturated heterocycles. The third kappa shape index (κ3) is 2.54. The van der Waals surface area contributed by atoms with Gasteiger partial charge in [-0.2, -0.15) is 4.98 Å². The van der Waals surface area contributed by atoms with Crippen molar-refractivity contribution in [3.63, 3.8) is 0 Å². The van der Waals surface area contributed by atoms with Crippen molar-refractivity contribution in [3.8, 4) is 0 Å². The number of ether oxygens (including phenoxy) is 1. The fourth-order valence-electron chi connectivity index (χ4n) is 2.58. The van der Waals surface area contributed by atoms with Crippen LogP contribution in [0.25, 0.3) is 0 Å². The van der Waals surface area contributed by atoms with E-state index in [1.165, 1.54) is 0 Å². The normalized spacial score (nSPS) is 33.8. The molecule has 0 aliphatic carbocycles. The Morgan fingerprint density at radius 2 is 2.00 bits per heavy atom. The van der Waals surface area contributed by atoms with E-state index in [1.807, 2.05) is 0 Å². The number of hydrogen-bond acceptors (Lipinski definition) is 4. The summed E-state index contributed by atoms with van der Waals surface area (Å²) in [6.45, 7) is 8.39. The van der Waals surface area contributed by atoms with Crippen molar-refractivity contribution in [1.29, 1.82) is 0 Å². The van der Waals surface area contributed by atoms with Crippen molar-refractivity contribution in [2.45, 2.75) is 64.0 Å². The van der Waals surface area contributed by atoms with Gasteiger partial charge >= 0.3 is 0 Å². The van der Waals surface area contributed by atoms with E-state index in [0.717, 1.165) is 12.8 Å². The van der Waals surface area contributed by atoms with E-state index in [-0.39, 0.29) is 23.5 Å². The largest absolute Gasteiger partial charge is 0.374 e. The van der Waals surface area contributed by atoms with Crippen LogP contribution in [0, 0.1) is 5.92 Å². The molecular formula is C13H21ClN2O2. The Labute approximate surface area is 113 Å². The quantitative estimate of drug-likeness (QED) is 0.785. The van der Waals surface area contributed by atoms with Gasteiger partial charge in [-0.15, -0.1) is 11.6 Å². The highest BCUT2D eigenvalue weighted by atomic mass is 35.5. The number of halogens is 1. The second-order valence-corrected chi connectivity index (χ2v) is 5.71. The van der Waals surface area contributed by atoms with Crippen molar-refractivity contribution in [2.24, 2.45) is 5.92 Å². The van der Waals surface area contributed by atoms with E-state index < -0.39 is 0 Å². The first-order valence-corrected chi connectivity index (χ1v) is 7.11. The van der Waals surface area contributed by atoms with Gasteiger partial charge in [-0.1, -0.05) is 25.4 Å². The molecule has 4 nitrogen and oxygen atoms in total. The van der Waals surface area contributed by atoms with Gasteiger partial charge < -0.3 is 9.26 Å². The standard InChI is InChI=1S/C13H21ClN2O2/c1-5-6-10(14)12-15-13(18-16-12)11-7(2)8(3)17-9(11)4/h7-11H,5-6H2,1-4H3. The zero-order valence-corrected chi connectivity index (χ0v) is 12.1. The molecule has 0 aromatic carbocycles. The molecule has 1 fully saturated rings. The van der Waals surface area contributed by atoms with E-state index in [9.17, 15) is 0 Å². The molecule has 2 rings (SSSR count). The van der Waals surface area contributed by atoms with Gasteiger partial charge in [0.05, 0.1) is 23.5 Å². The van der Waals surface area contributed by atoms with Crippen LogP contribution in [0.5, 0.6) is 0 Å². The summed E-state index contributed by atoms with van der Waals surface area (Å²) in [6.07, 6.45) is 2.21. The third-order valence-electron chi connectivity index (χ3n) is 3.81. The van der Waals surface area contributed by atoms with Gasteiger partial charge in [0, 0.05) is 0 Å². The van der Waals surface area contributed by atoms with Crippen LogP contribution < -0.4 is 0 Å². The summed E-state index contributed by atoms with van der Waals surface area (Å²) in [5.74, 6) is 1.82. The van der Waals surface area contributed by atoms with E-state index in [0.29, 0.717) is 17.6 Å². The molecular weight excluding hydrogens is 252 g/mol. The maximum absolute atomic E-state index is 6.21. The third-order valence-corrected chi connectivity index (χ3v) is 4.22. The number of aromatic nitrogens is 2. The minimum Gasteiger partial charge on any atom is -0.374 e. The maximum Gasteiger partial charge on any atom is 0.232 e. The van der Waals surface area contributed by atoms with Gasteiger partial charge in [0.2, 0.25) is 5.89 Å². The number of nitrogens with zero attached hydrogens (tertiary/aromatic N) is 2. The first-order chi connectivity index (χ1) is 8.54. The molecule has 0 N–H and O–H groups in total. The van der Waals surface area contributed by atoms with E-state index in [2.05, 4.69) is 37.8 Å². The Kier molecular flexibility index (Phi) is 4.28. The number of alkyl halides is 1. The zero-order chi connectivity index (χ0) is 13.3. The average molecular weight is 273 g/mol. The number of hydrogen-bond donors (Lipinski definition) is 0. The molecule has 0 radical (unpaired) electrons. The second kappa shape index (κ2) is 5.57. The summed E-state index contributed by atoms with van der Waals surface area (Å²) in [7, 11) is 0. The molecule has 18 heavy (non-hydrogen) atoms. The van der Waals surface area contributed by atoms with Gasteiger partial charge in [-0.3, -0.25) is 0 Å². The Bertz CT molecular complexity index is 396. The summed E-state index contributed by atoms with van der Waals surface area (Å²) in [5.41, 5.74) is 0. The first kappa shape index (κ1) is 13.8. The van der Waals surface area contributed by atoms with Crippen LogP contribution >= 0.6 is 11.6 Å². The molecule has 0 saturated carbocycles. The average Bonchev–Trinajstić information content (AvgIpc) is 2.86. The van der Waals surface area contributed by atoms with Crippen LogP contribution in [-0.2, 0) is 4.74 Å². The summed E-state index contributed by atoms with van der Waals surface area (Å²) in [6, 6.07) is 0. The lowest BCUT2D eigenvalue weighted by atomic mass is 9.89. The second-order valence-electron chi connectivity index (χ2n) is 5.18. The molecule has 0 bridgehead atoms. The van der Waals surface area contributed by atoms with Crippen LogP contribution in [0.2, 0.25) is 0 Å². The molecule has 5 unspecified atom stereocenters. The van der Waals surface area contributed by atoms with Crippen molar-refractivity contribution in [2.75, 3.05) is 0 Å². The highest BCUT2D eigenvalue weighted by molar-refractivity contribution is 6.20. The molecule has 1 aliphatic heterocycles. The lowest BCUT2D eigenvalue weighted by molar-refractivity contribution is 0.0542. The van der Waals surface area contributed by atoms with Crippen LogP contribution in [-0.4, -0.2) is 22.3 Å². The van der Waals surface area contributed by atoms with Gasteiger partial charge in [-0.05, 0) is 26.2 Å². The van der Waals surface area contributed by atoms with Crippen LogP contribution in [0.3, 0.4) is 0 Å². The van der Waals surface area contributed by atoms with Gasteiger partial charge in [-0.25, -0.2) is 0 Å². The smallest absolute Gasteiger partial charge is 0.232 e. The fraction of sp³-hybridized carbons (Fsp3) is 0.846. The van der Waals surface area contributed by atoms with E-state index in [4.69, 9.17) is 20.9 Å². The fourth-order valence-corrected chi connectivity index (χ4v) is 2.89. The highest BCUT2D eigenvalue weighted by Gasteiger charge is 2.41. The number of rotatable bonds is 4. The molecule has 1 aromatic rings. The predicted octanol–water partition coefficient (Wildman–Crippen LogP) is 3.68. The molecule has 0 spiro atoms. The SMILES string of the molecule is CCCC(Cl)c1noc(C2C(C)OC(C)C2C)n1. The lowest BCUT2D eigenvalue weighted by Crippen LogP contribution is -2.15. The summed E-state index contributed by atoms with van der Waals surface area (Å²) in [5, 5.41) is 3.84. The molecule has 2 heterocycles. The van der Waals surface area contributed by atoms with Crippen LogP contribution in [0.4, 0.5) is 0 Å². The van der Waals surface area contributed by atoms with Crippen molar-refractivity contribution in [1.82, 2.24) is 10.1 Å². The topological polar surface area (TPSA) is 48.2 Å². The summed E-state index contributed by atoms with van der Waals surface area (Å²) >= 11 is 6.21. The van der Waals surface area contributed by atoms with E-state index in [1.54, 1.807) is 0 Å². The van der Waals surface area contributed by atoms with Crippen LogP contribution in [0.1, 0.15) is 63.5 Å². The lowest BCUT2D eigenvalue weighted by Gasteiger charge is -2.13. The highest BCUT2D eigenvalue weighted by Crippen LogP contribution is 2.39. The zero-order valence-electron chi connectivity index (χ0n) is 11.4. The van der Waals surface area contributed by atoms with Crippen LogP contribution in [0.15, 0.2) is 4.52 Å². The molecule has 1 aromatic heterocycles. The molecule has 1 aliphatic rings. The molecule has 5 atom stereocenters. The van der Waals surface area contributed by atoms with Gasteiger partial charge in [0.15, 0.2) is 5.82 Å². The van der Waals surface area contributed by atoms with Gasteiger partial charge in [0.25, 0.3) is 0 Å². The molecule has 0 amide bonds. The minimum absolute atomic E-state index is 0.114. The predicted molar refractivity (Wildman–Crippen MR) is 69.7 cm³/mol. The van der Waals surface area contributed by atoms with Crippen molar-refractivity contribution < 1.29 is 9.26 Å². The Morgan fingerprint density at radius 3 is 2.56 bits per heavy atom. The maximum atomic E-state index is 6.21. The summed E-state index contributed by atoms with van der Waals surface area (Å²) in [4.78, 5) is 4.46. The van der Waals surface area contributed by atoms with Crippen molar-refractivity contribution in [3.05, 3.63) is 11.7 Å². The Hall–Kier alpha value is -0.610. The monoisotopic (exact) mass is 272 g/mol. The molecule has 5 heteroatoms. The van der Waals surface area contributed by atoms with Crippen molar-refractivity contribution >= 4 is 11.6 Å². The minimum atomic E-state index is -0.155. The molecule has 102 valence electrons. The Balaban J connectivity index is 2.14. The first-order valence-electron chi connectivity index (χ1n) is 6.67. The Morgan fingerprint density at radius 1 is 1.28 bits per heavy atom. The summed E-state index contributed by atoms with van der Waals surface area (Å²) < 4.78 is 11.2. The van der Waals surface area contributed by atoms with E-state index >= 15 is 0 Å².